The molecule has 6 aromatic rings. The molecule has 44 heavy (non-hydrogen) atoms. The van der Waals surface area contributed by atoms with E-state index in [9.17, 15) is 0 Å². The van der Waals surface area contributed by atoms with Crippen LogP contribution in [0.3, 0.4) is 0 Å². The fraction of sp³-hybridized carbons (Fsp3) is 0.143. The molecule has 4 atom stereocenters. The van der Waals surface area contributed by atoms with Crippen molar-refractivity contribution in [2.45, 2.75) is 25.2 Å². The summed E-state index contributed by atoms with van der Waals surface area (Å²) in [6.45, 7) is 2.31. The monoisotopic (exact) mass is 585 g/mol. The molecule has 2 aliphatic carbocycles. The highest BCUT2D eigenvalue weighted by Gasteiger charge is 2.39. The first-order valence-corrected chi connectivity index (χ1v) is 16.5. The number of nitrogens with two attached hydrogens (primary N) is 1. The molecule has 1 aromatic heterocycles. The average Bonchev–Trinajstić information content (AvgIpc) is 3.47. The fourth-order valence-electron chi connectivity index (χ4n) is 7.67. The first kappa shape index (κ1) is 26.9. The third kappa shape index (κ3) is 4.53. The Morgan fingerprint density at radius 1 is 0.705 bits per heavy atom. The van der Waals surface area contributed by atoms with Crippen molar-refractivity contribution in [3.8, 4) is 22.3 Å². The van der Waals surface area contributed by atoms with Gasteiger partial charge in [-0.3, -0.25) is 0 Å². The first-order chi connectivity index (χ1) is 21.7. The van der Waals surface area contributed by atoms with E-state index in [0.717, 1.165) is 17.7 Å². The van der Waals surface area contributed by atoms with E-state index in [2.05, 4.69) is 153 Å². The normalized spacial score (nSPS) is 21.0. The Balaban J connectivity index is 1.16. The number of benzene rings is 5. The Morgan fingerprint density at radius 3 is 2.30 bits per heavy atom. The molecule has 5 aromatic carbocycles. The van der Waals surface area contributed by atoms with Crippen molar-refractivity contribution in [3.63, 3.8) is 0 Å². The summed E-state index contributed by atoms with van der Waals surface area (Å²) in [6, 6.07) is 42.1. The summed E-state index contributed by atoms with van der Waals surface area (Å²) in [5, 5.41) is 2.66. The highest BCUT2D eigenvalue weighted by molar-refractivity contribution is 7.26. The first-order valence-electron chi connectivity index (χ1n) is 15.7. The smallest absolute Gasteiger partial charge is 0.0433 e. The fourth-order valence-corrected chi connectivity index (χ4v) is 8.91. The molecule has 1 nitrogen and oxygen atoms in total. The minimum atomic E-state index is 0.342. The van der Waals surface area contributed by atoms with Gasteiger partial charge >= 0.3 is 0 Å². The molecule has 0 fully saturated rings. The van der Waals surface area contributed by atoms with Gasteiger partial charge in [-0.15, -0.1) is 11.3 Å². The lowest BCUT2D eigenvalue weighted by Gasteiger charge is -2.42. The summed E-state index contributed by atoms with van der Waals surface area (Å²) in [6.07, 6.45) is 12.6. The van der Waals surface area contributed by atoms with Gasteiger partial charge < -0.3 is 5.73 Å². The van der Waals surface area contributed by atoms with Crippen LogP contribution in [0.4, 0.5) is 0 Å². The number of rotatable bonds is 5. The van der Waals surface area contributed by atoms with Crippen molar-refractivity contribution in [2.75, 3.05) is 0 Å². The average molecular weight is 586 g/mol. The number of hydrogen-bond acceptors (Lipinski definition) is 2. The summed E-state index contributed by atoms with van der Waals surface area (Å²) < 4.78 is 2.68. The van der Waals surface area contributed by atoms with Crippen LogP contribution in [0.15, 0.2) is 146 Å². The Morgan fingerprint density at radius 2 is 1.41 bits per heavy atom. The quantitative estimate of drug-likeness (QED) is 0.214. The molecule has 0 saturated carbocycles. The molecule has 0 saturated heterocycles. The van der Waals surface area contributed by atoms with E-state index in [1.165, 1.54) is 53.6 Å². The molecule has 0 radical (unpaired) electrons. The number of fused-ring (bicyclic) bond motifs is 6. The molecule has 214 valence electrons. The zero-order valence-corrected chi connectivity index (χ0v) is 25.7. The molecule has 0 bridgehead atoms. The number of hydrogen-bond donors (Lipinski definition) is 1. The molecular weight excluding hydrogens is 551 g/mol. The van der Waals surface area contributed by atoms with Gasteiger partial charge in [0.15, 0.2) is 0 Å². The van der Waals surface area contributed by atoms with Crippen LogP contribution in [-0.2, 0) is 0 Å². The largest absolute Gasteiger partial charge is 0.398 e. The second-order valence-corrected chi connectivity index (χ2v) is 13.2. The zero-order chi connectivity index (χ0) is 29.6. The summed E-state index contributed by atoms with van der Waals surface area (Å²) >= 11 is 1.88. The van der Waals surface area contributed by atoms with Crippen molar-refractivity contribution >= 4 is 37.2 Å². The number of thiophene rings is 1. The minimum absolute atomic E-state index is 0.342. The van der Waals surface area contributed by atoms with Crippen LogP contribution in [0.1, 0.15) is 41.9 Å². The van der Waals surface area contributed by atoms with Gasteiger partial charge in [0.05, 0.1) is 0 Å². The van der Waals surface area contributed by atoms with Crippen LogP contribution in [0, 0.1) is 11.8 Å². The van der Waals surface area contributed by atoms with E-state index in [4.69, 9.17) is 5.73 Å². The van der Waals surface area contributed by atoms with Crippen molar-refractivity contribution in [2.24, 2.45) is 17.6 Å². The van der Waals surface area contributed by atoms with Crippen molar-refractivity contribution in [1.29, 1.82) is 0 Å². The SMILES string of the molecule is CCC1c2ccccc2C2C=CC=CC2C1/C=C(\N)c1cccc(-c2cccc(-c3cccc4c3sc3ccccc34)c2)c1. The van der Waals surface area contributed by atoms with Crippen LogP contribution in [0.25, 0.3) is 48.1 Å². The Kier molecular flexibility index (Phi) is 6.80. The van der Waals surface area contributed by atoms with Crippen LogP contribution >= 0.6 is 11.3 Å². The minimum Gasteiger partial charge on any atom is -0.398 e. The van der Waals surface area contributed by atoms with Gasteiger partial charge in [-0.05, 0) is 81.3 Å². The van der Waals surface area contributed by atoms with Crippen LogP contribution in [0.2, 0.25) is 0 Å². The zero-order valence-electron chi connectivity index (χ0n) is 24.9. The van der Waals surface area contributed by atoms with Crippen molar-refractivity contribution in [1.82, 2.24) is 0 Å². The van der Waals surface area contributed by atoms with E-state index in [0.29, 0.717) is 23.7 Å². The molecule has 0 aliphatic heterocycles. The van der Waals surface area contributed by atoms with Gasteiger partial charge in [0.2, 0.25) is 0 Å². The van der Waals surface area contributed by atoms with Crippen LogP contribution in [0.5, 0.6) is 0 Å². The lowest BCUT2D eigenvalue weighted by molar-refractivity contribution is 0.333. The lowest BCUT2D eigenvalue weighted by atomic mass is 9.61. The molecule has 2 heteroatoms. The molecule has 0 spiro atoms. The summed E-state index contributed by atoms with van der Waals surface area (Å²) in [4.78, 5) is 0. The van der Waals surface area contributed by atoms with Gasteiger partial charge in [0.25, 0.3) is 0 Å². The van der Waals surface area contributed by atoms with Gasteiger partial charge in [-0.2, -0.15) is 0 Å². The summed E-state index contributed by atoms with van der Waals surface area (Å²) in [5.74, 6) is 1.59. The van der Waals surface area contributed by atoms with E-state index < -0.39 is 0 Å². The third-order valence-electron chi connectivity index (χ3n) is 9.76. The molecule has 2 N–H and O–H groups in total. The van der Waals surface area contributed by atoms with Crippen molar-refractivity contribution in [3.05, 3.63) is 162 Å². The molecule has 8 rings (SSSR count). The van der Waals surface area contributed by atoms with E-state index >= 15 is 0 Å². The molecule has 2 aliphatic rings. The van der Waals surface area contributed by atoms with Gasteiger partial charge in [-0.25, -0.2) is 0 Å². The Labute approximate surface area is 263 Å². The maximum Gasteiger partial charge on any atom is 0.0433 e. The highest BCUT2D eigenvalue weighted by atomic mass is 32.1. The molecule has 1 heterocycles. The van der Waals surface area contributed by atoms with Gasteiger partial charge in [0, 0.05) is 31.8 Å². The maximum absolute atomic E-state index is 6.97. The third-order valence-corrected chi connectivity index (χ3v) is 11.0. The highest BCUT2D eigenvalue weighted by Crippen LogP contribution is 2.51. The molecular formula is C42H35NS. The Hall–Kier alpha value is -4.66. The molecule has 4 unspecified atom stereocenters. The summed E-state index contributed by atoms with van der Waals surface area (Å²) in [5.41, 5.74) is 16.8. The number of allylic oxidation sites excluding steroid dienone is 5. The van der Waals surface area contributed by atoms with Crippen LogP contribution in [-0.4, -0.2) is 0 Å². The molecule has 0 amide bonds. The topological polar surface area (TPSA) is 26.0 Å². The Bertz CT molecular complexity index is 2110. The van der Waals surface area contributed by atoms with Gasteiger partial charge in [0.1, 0.15) is 0 Å². The summed E-state index contributed by atoms with van der Waals surface area (Å²) in [7, 11) is 0. The predicted octanol–water partition coefficient (Wildman–Crippen LogP) is 11.3. The van der Waals surface area contributed by atoms with Crippen molar-refractivity contribution < 1.29 is 0 Å². The van der Waals surface area contributed by atoms with E-state index in [-0.39, 0.29) is 0 Å². The standard InChI is InChI=1S/C42H35NS/c1-2-31-33-16-3-4-17-34(33)35-18-5-6-19-36(35)39(31)26-40(43)30-15-10-13-28(25-30)27-12-9-14-29(24-27)32-21-11-22-38-37-20-7-8-23-41(37)44-42(32)38/h3-26,31,35-36,39H,2,43H2,1H3/b40-26-. The predicted molar refractivity (Wildman–Crippen MR) is 190 cm³/mol. The second kappa shape index (κ2) is 11.1. The van der Waals surface area contributed by atoms with E-state index in [1.807, 2.05) is 11.3 Å². The van der Waals surface area contributed by atoms with Gasteiger partial charge in [-0.1, -0.05) is 134 Å². The second-order valence-electron chi connectivity index (χ2n) is 12.2. The van der Waals surface area contributed by atoms with Crippen LogP contribution < -0.4 is 5.73 Å². The maximum atomic E-state index is 6.97. The van der Waals surface area contributed by atoms with E-state index in [1.54, 1.807) is 0 Å². The lowest BCUT2D eigenvalue weighted by Crippen LogP contribution is -2.31.